The molecule has 32 heavy (non-hydrogen) atoms. The largest absolute Gasteiger partial charge is 0.390 e. The van der Waals surface area contributed by atoms with Gasteiger partial charge in [-0.2, -0.15) is 0 Å². The lowest BCUT2D eigenvalue weighted by Crippen LogP contribution is -2.49. The number of aliphatic hydroxyl groups excluding tert-OH is 1. The van der Waals surface area contributed by atoms with Gasteiger partial charge in [0.05, 0.1) is 35.5 Å². The number of rotatable bonds is 4. The standard InChI is InChI=1S/C24H27N5O3/c1-14-10-16(11-20(30)24(14,2)32)17-8-9-26-12-19(17)29-23(31)21-22(25)27-13-18(28-21)15-6-4-3-5-7-15/h3-9,12-14,16,20,30,32H,10-11H2,1-2H3,(H2,25,27)(H,29,31)/t14-,16+,20+,24+/m0/s1. The molecule has 0 unspecified atom stereocenters. The van der Waals surface area contributed by atoms with Crippen LogP contribution in [0.15, 0.2) is 55.0 Å². The lowest BCUT2D eigenvalue weighted by Gasteiger charge is -2.43. The van der Waals surface area contributed by atoms with E-state index in [1.165, 1.54) is 6.20 Å². The van der Waals surface area contributed by atoms with Gasteiger partial charge in [0.2, 0.25) is 0 Å². The van der Waals surface area contributed by atoms with Crippen LogP contribution in [0.4, 0.5) is 11.5 Å². The molecule has 3 aromatic rings. The first kappa shape index (κ1) is 21.9. The number of nitrogens with zero attached hydrogens (tertiary/aromatic N) is 3. The zero-order chi connectivity index (χ0) is 22.9. The highest BCUT2D eigenvalue weighted by Crippen LogP contribution is 2.43. The molecule has 4 rings (SSSR count). The van der Waals surface area contributed by atoms with E-state index in [1.54, 1.807) is 19.3 Å². The Kier molecular flexibility index (Phi) is 5.90. The van der Waals surface area contributed by atoms with E-state index >= 15 is 0 Å². The first-order valence-corrected chi connectivity index (χ1v) is 10.6. The molecule has 4 atom stereocenters. The van der Waals surface area contributed by atoms with Crippen LogP contribution in [0.3, 0.4) is 0 Å². The summed E-state index contributed by atoms with van der Waals surface area (Å²) in [6.07, 6.45) is 4.95. The molecule has 1 saturated carbocycles. The van der Waals surface area contributed by atoms with E-state index in [1.807, 2.05) is 43.3 Å². The van der Waals surface area contributed by atoms with Crippen LogP contribution in [0.5, 0.6) is 0 Å². The number of amides is 1. The Morgan fingerprint density at radius 1 is 1.19 bits per heavy atom. The molecular weight excluding hydrogens is 406 g/mol. The highest BCUT2D eigenvalue weighted by molar-refractivity contribution is 6.06. The fourth-order valence-electron chi connectivity index (χ4n) is 4.21. The second kappa shape index (κ2) is 8.64. The number of nitrogens with two attached hydrogens (primary N) is 1. The molecule has 2 heterocycles. The molecule has 0 saturated heterocycles. The molecule has 1 fully saturated rings. The van der Waals surface area contributed by atoms with Crippen molar-refractivity contribution in [3.05, 3.63) is 66.2 Å². The van der Waals surface area contributed by atoms with Crippen molar-refractivity contribution in [2.75, 3.05) is 11.1 Å². The second-order valence-electron chi connectivity index (χ2n) is 8.58. The zero-order valence-electron chi connectivity index (χ0n) is 18.1. The van der Waals surface area contributed by atoms with E-state index in [4.69, 9.17) is 5.73 Å². The number of pyridine rings is 1. The molecule has 1 aromatic carbocycles. The predicted molar refractivity (Wildman–Crippen MR) is 122 cm³/mol. The van der Waals surface area contributed by atoms with Gasteiger partial charge in [-0.15, -0.1) is 0 Å². The maximum absolute atomic E-state index is 13.1. The minimum atomic E-state index is -1.14. The molecular formula is C24H27N5O3. The van der Waals surface area contributed by atoms with Gasteiger partial charge in [-0.25, -0.2) is 9.97 Å². The van der Waals surface area contributed by atoms with Crippen molar-refractivity contribution in [3.8, 4) is 11.3 Å². The van der Waals surface area contributed by atoms with Gasteiger partial charge in [0.1, 0.15) is 0 Å². The van der Waals surface area contributed by atoms with E-state index in [0.29, 0.717) is 24.2 Å². The maximum atomic E-state index is 13.1. The summed E-state index contributed by atoms with van der Waals surface area (Å²) in [5.41, 5.74) is 7.59. The van der Waals surface area contributed by atoms with Gasteiger partial charge in [0.15, 0.2) is 11.5 Å². The average Bonchev–Trinajstić information content (AvgIpc) is 2.78. The van der Waals surface area contributed by atoms with Gasteiger partial charge >= 0.3 is 0 Å². The van der Waals surface area contributed by atoms with Crippen molar-refractivity contribution in [2.45, 2.75) is 44.3 Å². The summed E-state index contributed by atoms with van der Waals surface area (Å²) in [5.74, 6) is -0.613. The minimum Gasteiger partial charge on any atom is -0.390 e. The third-order valence-electron chi connectivity index (χ3n) is 6.45. The van der Waals surface area contributed by atoms with Gasteiger partial charge in [0, 0.05) is 11.8 Å². The van der Waals surface area contributed by atoms with Crippen molar-refractivity contribution >= 4 is 17.4 Å². The van der Waals surface area contributed by atoms with Crippen molar-refractivity contribution in [3.63, 3.8) is 0 Å². The fourth-order valence-corrected chi connectivity index (χ4v) is 4.21. The van der Waals surface area contributed by atoms with E-state index in [0.717, 1.165) is 11.1 Å². The Morgan fingerprint density at radius 3 is 2.66 bits per heavy atom. The smallest absolute Gasteiger partial charge is 0.278 e. The van der Waals surface area contributed by atoms with E-state index in [2.05, 4.69) is 20.3 Å². The summed E-state index contributed by atoms with van der Waals surface area (Å²) in [6.45, 7) is 3.58. The van der Waals surface area contributed by atoms with Crippen molar-refractivity contribution < 1.29 is 15.0 Å². The van der Waals surface area contributed by atoms with Crippen LogP contribution in [0.1, 0.15) is 48.7 Å². The molecule has 0 radical (unpaired) electrons. The maximum Gasteiger partial charge on any atom is 0.278 e. The molecule has 0 spiro atoms. The van der Waals surface area contributed by atoms with Gasteiger partial charge < -0.3 is 21.3 Å². The highest BCUT2D eigenvalue weighted by Gasteiger charge is 2.43. The number of hydrogen-bond donors (Lipinski definition) is 4. The van der Waals surface area contributed by atoms with Crippen LogP contribution in [0.25, 0.3) is 11.3 Å². The van der Waals surface area contributed by atoms with Gasteiger partial charge in [0.25, 0.3) is 5.91 Å². The Morgan fingerprint density at radius 2 is 1.94 bits per heavy atom. The molecule has 2 aromatic heterocycles. The first-order valence-electron chi connectivity index (χ1n) is 10.6. The fraction of sp³-hybridized carbons (Fsp3) is 0.333. The summed E-state index contributed by atoms with van der Waals surface area (Å²) in [5, 5.41) is 23.9. The number of hydrogen-bond acceptors (Lipinski definition) is 7. The summed E-state index contributed by atoms with van der Waals surface area (Å²) in [7, 11) is 0. The number of carbonyl (C=O) groups is 1. The molecule has 5 N–H and O–H groups in total. The van der Waals surface area contributed by atoms with Crippen LogP contribution in [0, 0.1) is 5.92 Å². The second-order valence-corrected chi connectivity index (χ2v) is 8.58. The normalized spacial score (nSPS) is 25.3. The third kappa shape index (κ3) is 4.19. The number of anilines is 2. The zero-order valence-corrected chi connectivity index (χ0v) is 18.1. The Bertz CT molecular complexity index is 1110. The van der Waals surface area contributed by atoms with Gasteiger partial charge in [-0.05, 0) is 43.2 Å². The summed E-state index contributed by atoms with van der Waals surface area (Å²) >= 11 is 0. The lowest BCUT2D eigenvalue weighted by molar-refractivity contribution is -0.123. The minimum absolute atomic E-state index is 0.0288. The number of nitrogens with one attached hydrogen (secondary N) is 1. The van der Waals surface area contributed by atoms with Crippen molar-refractivity contribution in [1.82, 2.24) is 15.0 Å². The summed E-state index contributed by atoms with van der Waals surface area (Å²) in [6, 6.07) is 11.2. The van der Waals surface area contributed by atoms with Crippen LogP contribution >= 0.6 is 0 Å². The molecule has 8 nitrogen and oxygen atoms in total. The van der Waals surface area contributed by atoms with Crippen molar-refractivity contribution in [2.24, 2.45) is 5.92 Å². The van der Waals surface area contributed by atoms with Crippen LogP contribution in [0.2, 0.25) is 0 Å². The van der Waals surface area contributed by atoms with Crippen LogP contribution in [-0.4, -0.2) is 42.8 Å². The highest BCUT2D eigenvalue weighted by atomic mass is 16.3. The predicted octanol–water partition coefficient (Wildman–Crippen LogP) is 3.00. The Labute approximate surface area is 186 Å². The van der Waals surface area contributed by atoms with Crippen LogP contribution in [-0.2, 0) is 0 Å². The van der Waals surface area contributed by atoms with E-state index < -0.39 is 17.6 Å². The number of aromatic nitrogens is 3. The monoisotopic (exact) mass is 433 g/mol. The van der Waals surface area contributed by atoms with E-state index in [-0.39, 0.29) is 23.3 Å². The van der Waals surface area contributed by atoms with Gasteiger partial charge in [-0.3, -0.25) is 9.78 Å². The van der Waals surface area contributed by atoms with E-state index in [9.17, 15) is 15.0 Å². The number of nitrogen functional groups attached to an aromatic ring is 1. The summed E-state index contributed by atoms with van der Waals surface area (Å²) in [4.78, 5) is 25.8. The Balaban J connectivity index is 1.61. The van der Waals surface area contributed by atoms with Crippen LogP contribution < -0.4 is 11.1 Å². The Hall–Kier alpha value is -3.36. The third-order valence-corrected chi connectivity index (χ3v) is 6.45. The number of carbonyl (C=O) groups excluding carboxylic acids is 1. The first-order chi connectivity index (χ1) is 15.3. The number of benzene rings is 1. The summed E-state index contributed by atoms with van der Waals surface area (Å²) < 4.78 is 0. The molecule has 0 bridgehead atoms. The molecule has 166 valence electrons. The molecule has 0 aliphatic heterocycles. The average molecular weight is 434 g/mol. The molecule has 1 amide bonds. The molecule has 8 heteroatoms. The molecule has 1 aliphatic carbocycles. The van der Waals surface area contributed by atoms with Crippen molar-refractivity contribution in [1.29, 1.82) is 0 Å². The quantitative estimate of drug-likeness (QED) is 0.497. The van der Waals surface area contributed by atoms with Gasteiger partial charge in [-0.1, -0.05) is 37.3 Å². The lowest BCUT2D eigenvalue weighted by atomic mass is 9.69. The number of aliphatic hydroxyl groups is 2. The topological polar surface area (TPSA) is 134 Å². The SMILES string of the molecule is C[C@H]1C[C@@H](c2ccncc2NC(=O)c2nc(-c3ccccc3)cnc2N)C[C@@H](O)[C@]1(C)O. The molecule has 1 aliphatic rings.